The highest BCUT2D eigenvalue weighted by atomic mass is 35.5. The molecule has 0 bridgehead atoms. The Hall–Kier alpha value is -2.48. The normalized spacial score (nSPS) is 10.4. The maximum atomic E-state index is 12.0. The highest BCUT2D eigenvalue weighted by Gasteiger charge is 2.15. The summed E-state index contributed by atoms with van der Waals surface area (Å²) in [6.45, 7) is -0.460. The minimum Gasteiger partial charge on any atom is -0.451 e. The molecule has 3 aromatic rings. The highest BCUT2D eigenvalue weighted by molar-refractivity contribution is 7.13. The number of hydrogen-bond acceptors (Lipinski definition) is 6. The number of carbonyl (C=O) groups is 2. The Morgan fingerprint density at radius 3 is 2.65 bits per heavy atom. The van der Waals surface area contributed by atoms with Crippen LogP contribution in [0.2, 0.25) is 10.2 Å². The van der Waals surface area contributed by atoms with Crippen LogP contribution in [-0.4, -0.2) is 28.5 Å². The summed E-state index contributed by atoms with van der Waals surface area (Å²) >= 11 is 13.0. The second-order valence-corrected chi connectivity index (χ2v) is 6.66. The number of hydrogen-bond donors (Lipinski definition) is 1. The zero-order chi connectivity index (χ0) is 18.5. The van der Waals surface area contributed by atoms with Gasteiger partial charge in [-0.05, 0) is 24.3 Å². The van der Waals surface area contributed by atoms with Crippen LogP contribution in [-0.2, 0) is 9.53 Å². The van der Waals surface area contributed by atoms with E-state index in [1.165, 1.54) is 17.5 Å². The lowest BCUT2D eigenvalue weighted by molar-refractivity contribution is -0.119. The van der Waals surface area contributed by atoms with E-state index < -0.39 is 18.5 Å². The van der Waals surface area contributed by atoms with Crippen LogP contribution >= 0.6 is 34.5 Å². The van der Waals surface area contributed by atoms with Crippen molar-refractivity contribution in [2.75, 3.05) is 11.9 Å². The molecule has 0 atom stereocenters. The Labute approximate surface area is 162 Å². The van der Waals surface area contributed by atoms with Crippen LogP contribution in [0.15, 0.2) is 48.0 Å². The van der Waals surface area contributed by atoms with Crippen LogP contribution < -0.4 is 5.32 Å². The average molecular weight is 408 g/mol. The maximum absolute atomic E-state index is 12.0. The van der Waals surface area contributed by atoms with Crippen LogP contribution in [0.5, 0.6) is 0 Å². The molecule has 0 unspecified atom stereocenters. The number of benzene rings is 1. The minimum absolute atomic E-state index is 0.132. The van der Waals surface area contributed by atoms with E-state index in [2.05, 4.69) is 15.3 Å². The molecule has 0 saturated heterocycles. The van der Waals surface area contributed by atoms with E-state index in [0.29, 0.717) is 15.7 Å². The lowest BCUT2D eigenvalue weighted by Crippen LogP contribution is -2.21. The summed E-state index contributed by atoms with van der Waals surface area (Å²) in [5.41, 5.74) is 1.31. The number of esters is 1. The number of aromatic nitrogens is 2. The summed E-state index contributed by atoms with van der Waals surface area (Å²) in [4.78, 5) is 32.0. The number of halogens is 2. The molecule has 0 fully saturated rings. The smallest absolute Gasteiger partial charge is 0.358 e. The molecule has 26 heavy (non-hydrogen) atoms. The van der Waals surface area contributed by atoms with E-state index >= 15 is 0 Å². The molecule has 1 N–H and O–H groups in total. The molecular weight excluding hydrogens is 397 g/mol. The summed E-state index contributed by atoms with van der Waals surface area (Å²) in [7, 11) is 0. The van der Waals surface area contributed by atoms with Gasteiger partial charge >= 0.3 is 5.97 Å². The zero-order valence-electron chi connectivity index (χ0n) is 13.1. The zero-order valence-corrected chi connectivity index (χ0v) is 15.4. The van der Waals surface area contributed by atoms with Gasteiger partial charge < -0.3 is 10.1 Å². The number of amides is 1. The van der Waals surface area contributed by atoms with Crippen molar-refractivity contribution in [3.05, 3.63) is 63.8 Å². The van der Waals surface area contributed by atoms with Gasteiger partial charge in [0.2, 0.25) is 0 Å². The van der Waals surface area contributed by atoms with Crippen LogP contribution in [0.25, 0.3) is 10.6 Å². The summed E-state index contributed by atoms with van der Waals surface area (Å²) in [6, 6.07) is 10.3. The number of thiazole rings is 1. The van der Waals surface area contributed by atoms with Crippen molar-refractivity contribution in [1.82, 2.24) is 9.97 Å². The van der Waals surface area contributed by atoms with Crippen molar-refractivity contribution in [3.8, 4) is 10.6 Å². The Kier molecular flexibility index (Phi) is 5.82. The van der Waals surface area contributed by atoms with Gasteiger partial charge in [0.25, 0.3) is 5.91 Å². The number of anilines is 1. The molecule has 2 aromatic heterocycles. The third-order valence-electron chi connectivity index (χ3n) is 3.17. The number of pyridine rings is 1. The monoisotopic (exact) mass is 407 g/mol. The topological polar surface area (TPSA) is 81.2 Å². The van der Waals surface area contributed by atoms with Crippen LogP contribution in [0.4, 0.5) is 5.69 Å². The minimum atomic E-state index is -0.686. The van der Waals surface area contributed by atoms with Crippen LogP contribution in [0.1, 0.15) is 10.5 Å². The number of rotatable bonds is 5. The number of carbonyl (C=O) groups excluding carboxylic acids is 2. The largest absolute Gasteiger partial charge is 0.451 e. The van der Waals surface area contributed by atoms with E-state index in [0.717, 1.165) is 5.56 Å². The standard InChI is InChI=1S/C17H11Cl2N3O3S/c18-11-5-3-10(4-6-11)16-22-13(9-26-16)17(24)25-8-14(23)21-12-2-1-7-20-15(12)19/h1-7,9H,8H2,(H,21,23). The Balaban J connectivity index is 1.58. The second kappa shape index (κ2) is 8.27. The Morgan fingerprint density at radius 2 is 1.92 bits per heavy atom. The molecule has 9 heteroatoms. The van der Waals surface area contributed by atoms with Crippen molar-refractivity contribution in [2.45, 2.75) is 0 Å². The van der Waals surface area contributed by atoms with Crippen molar-refractivity contribution in [2.24, 2.45) is 0 Å². The predicted molar refractivity (Wildman–Crippen MR) is 101 cm³/mol. The fourth-order valence-corrected chi connectivity index (χ4v) is 3.05. The first-order chi connectivity index (χ1) is 12.5. The van der Waals surface area contributed by atoms with Gasteiger partial charge in [-0.1, -0.05) is 35.3 Å². The molecule has 1 aromatic carbocycles. The molecule has 0 aliphatic carbocycles. The summed E-state index contributed by atoms with van der Waals surface area (Å²) in [6.07, 6.45) is 1.50. The first-order valence-corrected chi connectivity index (χ1v) is 8.95. The van der Waals surface area contributed by atoms with Gasteiger partial charge in [0.15, 0.2) is 17.5 Å². The van der Waals surface area contributed by atoms with Crippen molar-refractivity contribution < 1.29 is 14.3 Å². The van der Waals surface area contributed by atoms with E-state index in [4.69, 9.17) is 27.9 Å². The van der Waals surface area contributed by atoms with Gasteiger partial charge in [-0.15, -0.1) is 11.3 Å². The van der Waals surface area contributed by atoms with Crippen molar-refractivity contribution in [1.29, 1.82) is 0 Å². The Bertz CT molecular complexity index is 944. The molecule has 0 saturated carbocycles. The van der Waals surface area contributed by atoms with Gasteiger partial charge in [-0.25, -0.2) is 14.8 Å². The van der Waals surface area contributed by atoms with Gasteiger partial charge in [0.1, 0.15) is 5.01 Å². The van der Waals surface area contributed by atoms with Gasteiger partial charge in [0, 0.05) is 22.2 Å². The number of nitrogens with one attached hydrogen (secondary N) is 1. The molecule has 3 rings (SSSR count). The quantitative estimate of drug-likeness (QED) is 0.503. The average Bonchev–Trinajstić information content (AvgIpc) is 3.12. The molecular formula is C17H11Cl2N3O3S. The summed E-state index contributed by atoms with van der Waals surface area (Å²) in [5, 5.41) is 5.50. The summed E-state index contributed by atoms with van der Waals surface area (Å²) in [5.74, 6) is -1.21. The van der Waals surface area contributed by atoms with Crippen LogP contribution in [0.3, 0.4) is 0 Å². The molecule has 1 amide bonds. The van der Waals surface area contributed by atoms with Gasteiger partial charge in [-0.3, -0.25) is 4.79 Å². The number of ether oxygens (including phenoxy) is 1. The van der Waals surface area contributed by atoms with Crippen LogP contribution in [0, 0.1) is 0 Å². The predicted octanol–water partition coefficient (Wildman–Crippen LogP) is 4.31. The molecule has 0 spiro atoms. The maximum Gasteiger partial charge on any atom is 0.358 e. The van der Waals surface area contributed by atoms with Crippen molar-refractivity contribution >= 4 is 52.1 Å². The lowest BCUT2D eigenvalue weighted by Gasteiger charge is -2.06. The molecule has 0 aliphatic rings. The van der Waals surface area contributed by atoms with Crippen molar-refractivity contribution in [3.63, 3.8) is 0 Å². The van der Waals surface area contributed by atoms with Gasteiger partial charge in [-0.2, -0.15) is 0 Å². The van der Waals surface area contributed by atoms with E-state index in [1.54, 1.807) is 41.8 Å². The molecule has 0 aliphatic heterocycles. The van der Waals surface area contributed by atoms with E-state index in [9.17, 15) is 9.59 Å². The molecule has 0 radical (unpaired) electrons. The molecule has 132 valence electrons. The van der Waals surface area contributed by atoms with Gasteiger partial charge in [0.05, 0.1) is 5.69 Å². The fraction of sp³-hybridized carbons (Fsp3) is 0.0588. The molecule has 6 nitrogen and oxygen atoms in total. The summed E-state index contributed by atoms with van der Waals surface area (Å²) < 4.78 is 4.98. The number of nitrogens with zero attached hydrogens (tertiary/aromatic N) is 2. The lowest BCUT2D eigenvalue weighted by atomic mass is 10.2. The third kappa shape index (κ3) is 4.57. The third-order valence-corrected chi connectivity index (χ3v) is 4.62. The SMILES string of the molecule is O=C(COC(=O)c1csc(-c2ccc(Cl)cc2)n1)Nc1cccnc1Cl. The molecule has 2 heterocycles. The highest BCUT2D eigenvalue weighted by Crippen LogP contribution is 2.25. The first-order valence-electron chi connectivity index (χ1n) is 7.32. The van der Waals surface area contributed by atoms with E-state index in [1.807, 2.05) is 0 Å². The fourth-order valence-electron chi connectivity index (χ4n) is 1.96. The van der Waals surface area contributed by atoms with E-state index in [-0.39, 0.29) is 10.8 Å². The Morgan fingerprint density at radius 1 is 1.15 bits per heavy atom. The first kappa shape index (κ1) is 18.3. The second-order valence-electron chi connectivity index (χ2n) is 5.01.